The van der Waals surface area contributed by atoms with Gasteiger partial charge in [-0.15, -0.1) is 23.4 Å². The molecule has 0 bridgehead atoms. The first-order valence-electron chi connectivity index (χ1n) is 7.92. The standard InChI is InChI=1S/C17H14F5N3O3/c1-26-8-9-27-16(18,19)15-24-23-14-7-4-12(10-25(14)15)11-2-5-13(6-3-11)28-17(20,21)22/h2-7,10H,8-9H2,1H3. The van der Waals surface area contributed by atoms with E-state index in [1.54, 1.807) is 6.07 Å². The number of hydrogen-bond donors (Lipinski definition) is 0. The molecule has 2 aromatic heterocycles. The second-order valence-corrected chi connectivity index (χ2v) is 5.60. The maximum atomic E-state index is 14.3. The van der Waals surface area contributed by atoms with Crippen LogP contribution < -0.4 is 4.74 Å². The molecule has 150 valence electrons. The summed E-state index contributed by atoms with van der Waals surface area (Å²) in [5.74, 6) is -1.11. The molecule has 0 saturated carbocycles. The van der Waals surface area contributed by atoms with E-state index in [0.29, 0.717) is 11.1 Å². The SMILES string of the molecule is COCCOC(F)(F)c1nnc2ccc(-c3ccc(OC(F)(F)F)cc3)cn12. The number of methoxy groups -OCH3 is 1. The van der Waals surface area contributed by atoms with Gasteiger partial charge in [-0.1, -0.05) is 12.1 Å². The van der Waals surface area contributed by atoms with Crippen LogP contribution >= 0.6 is 0 Å². The summed E-state index contributed by atoms with van der Waals surface area (Å²) in [7, 11) is 1.35. The van der Waals surface area contributed by atoms with Crippen LogP contribution in [-0.2, 0) is 15.6 Å². The first kappa shape index (κ1) is 20.0. The zero-order valence-corrected chi connectivity index (χ0v) is 14.4. The minimum atomic E-state index is -4.80. The van der Waals surface area contributed by atoms with E-state index >= 15 is 0 Å². The van der Waals surface area contributed by atoms with Gasteiger partial charge in [0.15, 0.2) is 5.65 Å². The second kappa shape index (κ2) is 7.68. The highest BCUT2D eigenvalue weighted by Gasteiger charge is 2.38. The Morgan fingerprint density at radius 2 is 1.57 bits per heavy atom. The highest BCUT2D eigenvalue weighted by molar-refractivity contribution is 5.65. The number of pyridine rings is 1. The Bertz CT molecular complexity index is 941. The molecule has 0 N–H and O–H groups in total. The molecule has 3 rings (SSSR count). The Morgan fingerprint density at radius 1 is 0.893 bits per heavy atom. The molecule has 28 heavy (non-hydrogen) atoms. The minimum absolute atomic E-state index is 0.0239. The average molecular weight is 403 g/mol. The number of aromatic nitrogens is 3. The number of hydrogen-bond acceptors (Lipinski definition) is 5. The van der Waals surface area contributed by atoms with Gasteiger partial charge in [-0.2, -0.15) is 8.78 Å². The molecule has 0 amide bonds. The van der Waals surface area contributed by atoms with E-state index in [0.717, 1.165) is 16.5 Å². The molecule has 0 aliphatic rings. The van der Waals surface area contributed by atoms with Gasteiger partial charge in [-0.25, -0.2) is 0 Å². The van der Waals surface area contributed by atoms with Gasteiger partial charge in [0.1, 0.15) is 5.75 Å². The monoisotopic (exact) mass is 403 g/mol. The number of fused-ring (bicyclic) bond motifs is 1. The topological polar surface area (TPSA) is 57.9 Å². The largest absolute Gasteiger partial charge is 0.573 e. The van der Waals surface area contributed by atoms with Gasteiger partial charge in [0.2, 0.25) is 5.82 Å². The molecule has 0 fully saturated rings. The third-order valence-corrected chi connectivity index (χ3v) is 3.65. The van der Waals surface area contributed by atoms with Crippen LogP contribution in [0.2, 0.25) is 0 Å². The van der Waals surface area contributed by atoms with Crippen molar-refractivity contribution in [1.82, 2.24) is 14.6 Å². The van der Waals surface area contributed by atoms with Crippen molar-refractivity contribution in [1.29, 1.82) is 0 Å². The lowest BCUT2D eigenvalue weighted by atomic mass is 10.1. The minimum Gasteiger partial charge on any atom is -0.406 e. The maximum absolute atomic E-state index is 14.3. The third kappa shape index (κ3) is 4.54. The van der Waals surface area contributed by atoms with Gasteiger partial charge in [0, 0.05) is 13.3 Å². The Morgan fingerprint density at radius 3 is 2.21 bits per heavy atom. The molecule has 0 saturated heterocycles. The molecule has 0 radical (unpaired) electrons. The predicted molar refractivity (Wildman–Crippen MR) is 86.8 cm³/mol. The van der Waals surface area contributed by atoms with Crippen molar-refractivity contribution in [2.45, 2.75) is 12.5 Å². The van der Waals surface area contributed by atoms with E-state index < -0.39 is 18.3 Å². The van der Waals surface area contributed by atoms with Gasteiger partial charge in [-0.3, -0.25) is 4.40 Å². The molecule has 3 aromatic rings. The van der Waals surface area contributed by atoms with E-state index in [2.05, 4.69) is 24.4 Å². The molecule has 0 atom stereocenters. The summed E-state index contributed by atoms with van der Waals surface area (Å²) in [4.78, 5) is 0. The number of benzene rings is 1. The van der Waals surface area contributed by atoms with Crippen LogP contribution in [0, 0.1) is 0 Å². The van der Waals surface area contributed by atoms with Crippen LogP contribution in [-0.4, -0.2) is 41.3 Å². The Labute approximate surface area is 155 Å². The third-order valence-electron chi connectivity index (χ3n) is 3.65. The van der Waals surface area contributed by atoms with Crippen LogP contribution in [0.1, 0.15) is 5.82 Å². The fourth-order valence-electron chi connectivity index (χ4n) is 2.43. The van der Waals surface area contributed by atoms with Crippen LogP contribution in [0.3, 0.4) is 0 Å². The summed E-state index contributed by atoms with van der Waals surface area (Å²) in [6.07, 6.45) is -7.16. The first-order chi connectivity index (χ1) is 13.2. The lowest BCUT2D eigenvalue weighted by Crippen LogP contribution is -2.23. The second-order valence-electron chi connectivity index (χ2n) is 5.60. The molecule has 11 heteroatoms. The quantitative estimate of drug-likeness (QED) is 0.441. The van der Waals surface area contributed by atoms with Crippen molar-refractivity contribution in [3.63, 3.8) is 0 Å². The van der Waals surface area contributed by atoms with Gasteiger partial charge in [-0.05, 0) is 35.4 Å². The molecule has 1 aromatic carbocycles. The normalized spacial score (nSPS) is 12.5. The maximum Gasteiger partial charge on any atom is 0.573 e. The van der Waals surface area contributed by atoms with E-state index in [-0.39, 0.29) is 24.6 Å². The van der Waals surface area contributed by atoms with Gasteiger partial charge >= 0.3 is 12.5 Å². The lowest BCUT2D eigenvalue weighted by Gasteiger charge is -2.15. The number of ether oxygens (including phenoxy) is 3. The number of rotatable bonds is 7. The van der Waals surface area contributed by atoms with Crippen LogP contribution in [0.5, 0.6) is 5.75 Å². The van der Waals surface area contributed by atoms with E-state index in [1.165, 1.54) is 31.5 Å². The lowest BCUT2D eigenvalue weighted by molar-refractivity contribution is -0.274. The van der Waals surface area contributed by atoms with Crippen molar-refractivity contribution in [2.24, 2.45) is 0 Å². The Hall–Kier alpha value is -2.79. The van der Waals surface area contributed by atoms with Gasteiger partial charge < -0.3 is 14.2 Å². The van der Waals surface area contributed by atoms with Crippen molar-refractivity contribution < 1.29 is 36.2 Å². The number of alkyl halides is 5. The zero-order chi connectivity index (χ0) is 20.4. The van der Waals surface area contributed by atoms with Crippen molar-refractivity contribution in [2.75, 3.05) is 20.3 Å². The summed E-state index contributed by atoms with van der Waals surface area (Å²) in [5.41, 5.74) is 1.10. The van der Waals surface area contributed by atoms with Crippen molar-refractivity contribution in [3.8, 4) is 16.9 Å². The summed E-state index contributed by atoms with van der Waals surface area (Å²) in [5, 5.41) is 7.17. The molecule has 0 aliphatic carbocycles. The highest BCUT2D eigenvalue weighted by Crippen LogP contribution is 2.30. The summed E-state index contributed by atoms with van der Waals surface area (Å²) >= 11 is 0. The smallest absolute Gasteiger partial charge is 0.406 e. The summed E-state index contributed by atoms with van der Waals surface area (Å²) in [6.45, 7) is -0.372. The van der Waals surface area contributed by atoms with Crippen molar-refractivity contribution in [3.05, 3.63) is 48.4 Å². The van der Waals surface area contributed by atoms with Crippen LogP contribution in [0.4, 0.5) is 22.0 Å². The van der Waals surface area contributed by atoms with Crippen LogP contribution in [0.15, 0.2) is 42.6 Å². The van der Waals surface area contributed by atoms with E-state index in [9.17, 15) is 22.0 Å². The number of nitrogens with zero attached hydrogens (tertiary/aromatic N) is 3. The van der Waals surface area contributed by atoms with E-state index in [4.69, 9.17) is 0 Å². The first-order valence-corrected chi connectivity index (χ1v) is 7.92. The molecular weight excluding hydrogens is 389 g/mol. The highest BCUT2D eigenvalue weighted by atomic mass is 19.4. The molecule has 2 heterocycles. The Kier molecular flexibility index (Phi) is 5.47. The average Bonchev–Trinajstić information content (AvgIpc) is 3.05. The predicted octanol–water partition coefficient (Wildman–Crippen LogP) is 4.01. The van der Waals surface area contributed by atoms with Gasteiger partial charge in [0.25, 0.3) is 0 Å². The van der Waals surface area contributed by atoms with Gasteiger partial charge in [0.05, 0.1) is 13.2 Å². The fourth-order valence-corrected chi connectivity index (χ4v) is 2.43. The van der Waals surface area contributed by atoms with Crippen LogP contribution in [0.25, 0.3) is 16.8 Å². The molecule has 0 aliphatic heterocycles. The Balaban J connectivity index is 1.89. The van der Waals surface area contributed by atoms with Crippen molar-refractivity contribution >= 4 is 5.65 Å². The van der Waals surface area contributed by atoms with E-state index in [1.807, 2.05) is 0 Å². The molecule has 6 nitrogen and oxygen atoms in total. The molecular formula is C17H14F5N3O3. The molecule has 0 unspecified atom stereocenters. The molecule has 0 spiro atoms. The summed E-state index contributed by atoms with van der Waals surface area (Å²) in [6, 6.07) is 8.04. The summed E-state index contributed by atoms with van der Waals surface area (Å²) < 4.78 is 79.3. The fraction of sp³-hybridized carbons (Fsp3) is 0.294. The number of halogens is 5. The zero-order valence-electron chi connectivity index (χ0n) is 14.4.